The van der Waals surface area contributed by atoms with E-state index in [1.807, 2.05) is 0 Å². The average Bonchev–Trinajstić information content (AvgIpc) is 2.37. The molecule has 1 atom stereocenters. The number of hydrogen-bond donors (Lipinski definition) is 1. The van der Waals surface area contributed by atoms with Gasteiger partial charge in [-0.05, 0) is 49.1 Å². The maximum Gasteiger partial charge on any atom is 0.0294 e. The van der Waals surface area contributed by atoms with Gasteiger partial charge in [-0.25, -0.2) is 0 Å². The summed E-state index contributed by atoms with van der Waals surface area (Å²) in [6.45, 7) is 13.8. The Morgan fingerprint density at radius 1 is 0.850 bits per heavy atom. The van der Waals surface area contributed by atoms with Gasteiger partial charge in [0, 0.05) is 12.1 Å². The standard InChI is InChI=1S/C19H33N/c1-7-17-8-10-18(11-9-17)16(6)20-19(12-14(2)3)13-15(4)5/h8-11,14-16,19-20H,7,12-13H2,1-6H3. The highest BCUT2D eigenvalue weighted by atomic mass is 14.9. The molecule has 1 N–H and O–H groups in total. The lowest BCUT2D eigenvalue weighted by atomic mass is 9.94. The first kappa shape index (κ1) is 17.2. The molecule has 1 aromatic rings. The van der Waals surface area contributed by atoms with Gasteiger partial charge in [0.2, 0.25) is 0 Å². The fourth-order valence-corrected chi connectivity index (χ4v) is 2.86. The van der Waals surface area contributed by atoms with Crippen LogP contribution in [0.3, 0.4) is 0 Å². The molecule has 0 spiro atoms. The Morgan fingerprint density at radius 3 is 1.75 bits per heavy atom. The molecule has 0 aliphatic rings. The first-order chi connectivity index (χ1) is 9.42. The van der Waals surface area contributed by atoms with E-state index in [4.69, 9.17) is 0 Å². The molecule has 0 heterocycles. The van der Waals surface area contributed by atoms with Crippen LogP contribution in [0.5, 0.6) is 0 Å². The maximum atomic E-state index is 3.83. The third-order valence-electron chi connectivity index (χ3n) is 3.89. The molecule has 20 heavy (non-hydrogen) atoms. The van der Waals surface area contributed by atoms with Crippen molar-refractivity contribution in [2.75, 3.05) is 0 Å². The molecule has 0 saturated heterocycles. The first-order valence-electron chi connectivity index (χ1n) is 8.27. The molecule has 1 rings (SSSR count). The number of nitrogens with one attached hydrogen (secondary N) is 1. The SMILES string of the molecule is CCc1ccc(C(C)NC(CC(C)C)CC(C)C)cc1. The van der Waals surface area contributed by atoms with E-state index in [2.05, 4.69) is 71.1 Å². The minimum atomic E-state index is 0.434. The highest BCUT2D eigenvalue weighted by Gasteiger charge is 2.16. The monoisotopic (exact) mass is 275 g/mol. The molecule has 0 saturated carbocycles. The fourth-order valence-electron chi connectivity index (χ4n) is 2.86. The molecule has 0 fully saturated rings. The van der Waals surface area contributed by atoms with Crippen LogP contribution >= 0.6 is 0 Å². The summed E-state index contributed by atoms with van der Waals surface area (Å²) in [5.74, 6) is 1.50. The number of hydrogen-bond acceptors (Lipinski definition) is 1. The topological polar surface area (TPSA) is 12.0 Å². The zero-order valence-corrected chi connectivity index (χ0v) is 14.2. The van der Waals surface area contributed by atoms with Gasteiger partial charge in [-0.3, -0.25) is 0 Å². The minimum Gasteiger partial charge on any atom is -0.307 e. The predicted octanol–water partition coefficient (Wildman–Crippen LogP) is 5.36. The van der Waals surface area contributed by atoms with E-state index in [0.29, 0.717) is 12.1 Å². The molecule has 0 amide bonds. The molecule has 1 aromatic carbocycles. The van der Waals surface area contributed by atoms with Crippen LogP contribution in [0.4, 0.5) is 0 Å². The van der Waals surface area contributed by atoms with Crippen LogP contribution in [0, 0.1) is 11.8 Å². The van der Waals surface area contributed by atoms with E-state index in [0.717, 1.165) is 18.3 Å². The zero-order chi connectivity index (χ0) is 15.1. The van der Waals surface area contributed by atoms with Crippen molar-refractivity contribution in [1.82, 2.24) is 5.32 Å². The first-order valence-corrected chi connectivity index (χ1v) is 8.27. The maximum absolute atomic E-state index is 3.83. The lowest BCUT2D eigenvalue weighted by molar-refractivity contribution is 0.335. The Bertz CT molecular complexity index is 354. The Balaban J connectivity index is 2.65. The molecule has 1 heteroatoms. The van der Waals surface area contributed by atoms with E-state index >= 15 is 0 Å². The highest BCUT2D eigenvalue weighted by molar-refractivity contribution is 5.24. The molecule has 114 valence electrons. The highest BCUT2D eigenvalue weighted by Crippen LogP contribution is 2.19. The second-order valence-corrected chi connectivity index (χ2v) is 6.94. The molecule has 0 aromatic heterocycles. The molecule has 0 aliphatic carbocycles. The molecular weight excluding hydrogens is 242 g/mol. The molecule has 0 radical (unpaired) electrons. The van der Waals surface area contributed by atoms with Gasteiger partial charge in [-0.15, -0.1) is 0 Å². The van der Waals surface area contributed by atoms with Gasteiger partial charge in [-0.1, -0.05) is 58.9 Å². The van der Waals surface area contributed by atoms with Crippen molar-refractivity contribution < 1.29 is 0 Å². The van der Waals surface area contributed by atoms with Crippen LogP contribution in [-0.2, 0) is 6.42 Å². The van der Waals surface area contributed by atoms with Crippen molar-refractivity contribution in [2.45, 2.75) is 72.9 Å². The van der Waals surface area contributed by atoms with Gasteiger partial charge < -0.3 is 5.32 Å². The summed E-state index contributed by atoms with van der Waals surface area (Å²) in [7, 11) is 0. The van der Waals surface area contributed by atoms with E-state index in [9.17, 15) is 0 Å². The molecule has 0 aliphatic heterocycles. The van der Waals surface area contributed by atoms with Crippen molar-refractivity contribution in [3.05, 3.63) is 35.4 Å². The van der Waals surface area contributed by atoms with Crippen molar-refractivity contribution in [3.63, 3.8) is 0 Å². The smallest absolute Gasteiger partial charge is 0.0294 e. The number of benzene rings is 1. The van der Waals surface area contributed by atoms with Crippen LogP contribution in [0.25, 0.3) is 0 Å². The van der Waals surface area contributed by atoms with Crippen molar-refractivity contribution in [2.24, 2.45) is 11.8 Å². The van der Waals surface area contributed by atoms with Gasteiger partial charge in [-0.2, -0.15) is 0 Å². The number of aryl methyl sites for hydroxylation is 1. The number of rotatable bonds is 8. The molecule has 1 unspecified atom stereocenters. The summed E-state index contributed by atoms with van der Waals surface area (Å²) >= 11 is 0. The Morgan fingerprint density at radius 2 is 1.35 bits per heavy atom. The third-order valence-corrected chi connectivity index (χ3v) is 3.89. The Kier molecular flexibility index (Phi) is 7.29. The van der Waals surface area contributed by atoms with Crippen LogP contribution in [-0.4, -0.2) is 6.04 Å². The summed E-state index contributed by atoms with van der Waals surface area (Å²) in [6.07, 6.45) is 3.64. The van der Waals surface area contributed by atoms with Gasteiger partial charge in [0.05, 0.1) is 0 Å². The van der Waals surface area contributed by atoms with Gasteiger partial charge in [0.25, 0.3) is 0 Å². The van der Waals surface area contributed by atoms with Crippen molar-refractivity contribution >= 4 is 0 Å². The van der Waals surface area contributed by atoms with E-state index in [1.54, 1.807) is 0 Å². The van der Waals surface area contributed by atoms with Crippen molar-refractivity contribution in [3.8, 4) is 0 Å². The second-order valence-electron chi connectivity index (χ2n) is 6.94. The lowest BCUT2D eigenvalue weighted by Crippen LogP contribution is -2.34. The summed E-state index contributed by atoms with van der Waals surface area (Å²) < 4.78 is 0. The normalized spacial score (nSPS) is 13.4. The lowest BCUT2D eigenvalue weighted by Gasteiger charge is -2.26. The van der Waals surface area contributed by atoms with Crippen LogP contribution in [0.2, 0.25) is 0 Å². The predicted molar refractivity (Wildman–Crippen MR) is 90.1 cm³/mol. The third kappa shape index (κ3) is 6.09. The van der Waals surface area contributed by atoms with Crippen LogP contribution in [0.15, 0.2) is 24.3 Å². The van der Waals surface area contributed by atoms with Gasteiger partial charge >= 0.3 is 0 Å². The largest absolute Gasteiger partial charge is 0.307 e. The second kappa shape index (κ2) is 8.46. The summed E-state index contributed by atoms with van der Waals surface area (Å²) in [4.78, 5) is 0. The van der Waals surface area contributed by atoms with Gasteiger partial charge in [0.1, 0.15) is 0 Å². The van der Waals surface area contributed by atoms with Crippen molar-refractivity contribution in [1.29, 1.82) is 0 Å². The Hall–Kier alpha value is -0.820. The van der Waals surface area contributed by atoms with E-state index in [1.165, 1.54) is 24.0 Å². The van der Waals surface area contributed by atoms with E-state index in [-0.39, 0.29) is 0 Å². The summed E-state index contributed by atoms with van der Waals surface area (Å²) in [5, 5.41) is 3.83. The quantitative estimate of drug-likeness (QED) is 0.673. The molecule has 0 bridgehead atoms. The Labute approximate surface area is 126 Å². The summed E-state index contributed by atoms with van der Waals surface area (Å²) in [6, 6.07) is 10.1. The van der Waals surface area contributed by atoms with Crippen LogP contribution < -0.4 is 5.32 Å². The average molecular weight is 275 g/mol. The molecular formula is C19H33N. The molecule has 1 nitrogen and oxygen atoms in total. The van der Waals surface area contributed by atoms with E-state index < -0.39 is 0 Å². The zero-order valence-electron chi connectivity index (χ0n) is 14.2. The summed E-state index contributed by atoms with van der Waals surface area (Å²) in [5.41, 5.74) is 2.82. The minimum absolute atomic E-state index is 0.434. The fraction of sp³-hybridized carbons (Fsp3) is 0.684. The van der Waals surface area contributed by atoms with Crippen LogP contribution in [0.1, 0.15) is 71.6 Å². The van der Waals surface area contributed by atoms with Gasteiger partial charge in [0.15, 0.2) is 0 Å².